The third kappa shape index (κ3) is 2.72. The molecule has 5 heteroatoms. The lowest BCUT2D eigenvalue weighted by Crippen LogP contribution is -2.60. The van der Waals surface area contributed by atoms with Crippen molar-refractivity contribution in [2.24, 2.45) is 5.73 Å². The molecule has 1 fully saturated rings. The molecule has 1 aliphatic carbocycles. The Hall–Kier alpha value is -1.75. The van der Waals surface area contributed by atoms with Crippen LogP contribution in [0.2, 0.25) is 0 Å². The molecule has 0 radical (unpaired) electrons. The summed E-state index contributed by atoms with van der Waals surface area (Å²) in [4.78, 5) is 12.0. The van der Waals surface area contributed by atoms with E-state index in [1.807, 2.05) is 24.3 Å². The van der Waals surface area contributed by atoms with Gasteiger partial charge in [0.15, 0.2) is 0 Å². The summed E-state index contributed by atoms with van der Waals surface area (Å²) in [6.07, 6.45) is 3.34. The molecule has 2 atom stereocenters. The van der Waals surface area contributed by atoms with E-state index >= 15 is 0 Å². The van der Waals surface area contributed by atoms with Gasteiger partial charge in [-0.05, 0) is 37.1 Å². The zero-order valence-corrected chi connectivity index (χ0v) is 12.0. The van der Waals surface area contributed by atoms with Gasteiger partial charge in [0, 0.05) is 12.8 Å². The van der Waals surface area contributed by atoms with Gasteiger partial charge in [0.25, 0.3) is 0 Å². The first kappa shape index (κ1) is 14.7. The molecule has 1 amide bonds. The molecule has 1 saturated carbocycles. The third-order valence-electron chi connectivity index (χ3n) is 4.02. The first-order chi connectivity index (χ1) is 9.62. The molecule has 1 aromatic rings. The van der Waals surface area contributed by atoms with Gasteiger partial charge in [-0.1, -0.05) is 12.8 Å². The normalized spacial score (nSPS) is 26.0. The molecule has 2 unspecified atom stereocenters. The fourth-order valence-corrected chi connectivity index (χ4v) is 2.88. The van der Waals surface area contributed by atoms with Gasteiger partial charge in [-0.2, -0.15) is 0 Å². The number of hydrogen-bond donors (Lipinski definition) is 2. The second-order valence-corrected chi connectivity index (χ2v) is 5.16. The number of methoxy groups -OCH3 is 2. The minimum atomic E-state index is -0.832. The van der Waals surface area contributed by atoms with Crippen molar-refractivity contribution in [2.75, 3.05) is 19.5 Å². The van der Waals surface area contributed by atoms with Crippen molar-refractivity contribution < 1.29 is 14.3 Å². The number of amides is 1. The topological polar surface area (TPSA) is 73.6 Å². The number of carbonyl (C=O) groups excluding carboxylic acids is 1. The summed E-state index contributed by atoms with van der Waals surface area (Å²) >= 11 is 0. The summed E-state index contributed by atoms with van der Waals surface area (Å²) in [7, 11) is 3.25. The Morgan fingerprint density at radius 2 is 2.00 bits per heavy atom. The fourth-order valence-electron chi connectivity index (χ4n) is 2.88. The zero-order chi connectivity index (χ0) is 14.6. The molecule has 0 bridgehead atoms. The van der Waals surface area contributed by atoms with E-state index in [-0.39, 0.29) is 12.0 Å². The number of rotatable bonds is 5. The summed E-state index contributed by atoms with van der Waals surface area (Å²) in [5, 5.41) is 3.29. The minimum absolute atomic E-state index is 0.198. The molecule has 0 aliphatic heterocycles. The number of primary amides is 1. The average Bonchev–Trinajstić information content (AvgIpc) is 2.48. The van der Waals surface area contributed by atoms with Gasteiger partial charge in [-0.25, -0.2) is 0 Å². The van der Waals surface area contributed by atoms with E-state index in [1.54, 1.807) is 14.2 Å². The predicted octanol–water partition coefficient (Wildman–Crippen LogP) is 1.92. The van der Waals surface area contributed by atoms with E-state index in [2.05, 4.69) is 5.32 Å². The van der Waals surface area contributed by atoms with Crippen LogP contribution in [0.3, 0.4) is 0 Å². The van der Waals surface area contributed by atoms with Crippen LogP contribution >= 0.6 is 0 Å². The average molecular weight is 278 g/mol. The number of anilines is 1. The largest absolute Gasteiger partial charge is 0.497 e. The maximum absolute atomic E-state index is 12.0. The van der Waals surface area contributed by atoms with Crippen LogP contribution in [-0.2, 0) is 9.53 Å². The Morgan fingerprint density at radius 1 is 1.30 bits per heavy atom. The predicted molar refractivity (Wildman–Crippen MR) is 77.8 cm³/mol. The van der Waals surface area contributed by atoms with Crippen LogP contribution in [-0.4, -0.2) is 31.8 Å². The van der Waals surface area contributed by atoms with Crippen LogP contribution in [0.4, 0.5) is 5.69 Å². The highest BCUT2D eigenvalue weighted by Crippen LogP contribution is 2.34. The lowest BCUT2D eigenvalue weighted by Gasteiger charge is -2.42. The first-order valence-corrected chi connectivity index (χ1v) is 6.87. The fraction of sp³-hybridized carbons (Fsp3) is 0.533. The van der Waals surface area contributed by atoms with E-state index in [1.165, 1.54) is 0 Å². The van der Waals surface area contributed by atoms with Gasteiger partial charge in [-0.3, -0.25) is 4.79 Å². The van der Waals surface area contributed by atoms with Gasteiger partial charge >= 0.3 is 0 Å². The smallest absolute Gasteiger partial charge is 0.245 e. The number of benzene rings is 1. The Bertz CT molecular complexity index is 461. The van der Waals surface area contributed by atoms with Crippen LogP contribution < -0.4 is 15.8 Å². The van der Waals surface area contributed by atoms with Gasteiger partial charge in [0.2, 0.25) is 5.91 Å². The SMILES string of the molecule is COc1ccc(NC2(C(N)=O)CCCCC2OC)cc1. The highest BCUT2D eigenvalue weighted by atomic mass is 16.5. The van der Waals surface area contributed by atoms with Crippen molar-refractivity contribution in [3.8, 4) is 5.75 Å². The van der Waals surface area contributed by atoms with Crippen molar-refractivity contribution in [1.82, 2.24) is 0 Å². The molecule has 0 heterocycles. The molecule has 2 rings (SSSR count). The lowest BCUT2D eigenvalue weighted by molar-refractivity contribution is -0.129. The summed E-state index contributed by atoms with van der Waals surface area (Å²) in [5.74, 6) is 0.412. The molecule has 0 aromatic heterocycles. The minimum Gasteiger partial charge on any atom is -0.497 e. The maximum Gasteiger partial charge on any atom is 0.245 e. The first-order valence-electron chi connectivity index (χ1n) is 6.87. The molecule has 1 aromatic carbocycles. The van der Waals surface area contributed by atoms with Gasteiger partial charge in [-0.15, -0.1) is 0 Å². The summed E-state index contributed by atoms with van der Waals surface area (Å²) < 4.78 is 10.6. The van der Waals surface area contributed by atoms with E-state index in [0.29, 0.717) is 6.42 Å². The second-order valence-electron chi connectivity index (χ2n) is 5.16. The van der Waals surface area contributed by atoms with Crippen molar-refractivity contribution in [3.63, 3.8) is 0 Å². The molecule has 0 spiro atoms. The summed E-state index contributed by atoms with van der Waals surface area (Å²) in [5.41, 5.74) is 5.68. The van der Waals surface area contributed by atoms with Gasteiger partial charge < -0.3 is 20.5 Å². The monoisotopic (exact) mass is 278 g/mol. The van der Waals surface area contributed by atoms with Crippen LogP contribution in [0.15, 0.2) is 24.3 Å². The molecule has 1 aliphatic rings. The molecule has 0 saturated heterocycles. The van der Waals surface area contributed by atoms with Crippen molar-refractivity contribution in [3.05, 3.63) is 24.3 Å². The highest BCUT2D eigenvalue weighted by molar-refractivity contribution is 5.89. The summed E-state index contributed by atoms with van der Waals surface area (Å²) in [6, 6.07) is 7.46. The number of nitrogens with one attached hydrogen (secondary N) is 1. The maximum atomic E-state index is 12.0. The van der Waals surface area contributed by atoms with Crippen molar-refractivity contribution in [2.45, 2.75) is 37.3 Å². The zero-order valence-electron chi connectivity index (χ0n) is 12.0. The van der Waals surface area contributed by atoms with E-state index in [4.69, 9.17) is 15.2 Å². The Kier molecular flexibility index (Phi) is 4.49. The Balaban J connectivity index is 2.25. The molecular formula is C15H22N2O3. The number of nitrogens with two attached hydrogens (primary N) is 1. The van der Waals surface area contributed by atoms with Crippen molar-refractivity contribution >= 4 is 11.6 Å². The van der Waals surface area contributed by atoms with E-state index < -0.39 is 5.54 Å². The second kappa shape index (κ2) is 6.13. The molecule has 20 heavy (non-hydrogen) atoms. The van der Waals surface area contributed by atoms with Crippen LogP contribution in [0, 0.1) is 0 Å². The Labute approximate surface area is 119 Å². The number of hydrogen-bond acceptors (Lipinski definition) is 4. The third-order valence-corrected chi connectivity index (χ3v) is 4.02. The van der Waals surface area contributed by atoms with Crippen LogP contribution in [0.25, 0.3) is 0 Å². The summed E-state index contributed by atoms with van der Waals surface area (Å²) in [6.45, 7) is 0. The molecule has 110 valence electrons. The number of ether oxygens (including phenoxy) is 2. The molecule has 3 N–H and O–H groups in total. The van der Waals surface area contributed by atoms with Crippen LogP contribution in [0.1, 0.15) is 25.7 Å². The quantitative estimate of drug-likeness (QED) is 0.863. The van der Waals surface area contributed by atoms with E-state index in [9.17, 15) is 4.79 Å². The van der Waals surface area contributed by atoms with Gasteiger partial charge in [0.05, 0.1) is 13.2 Å². The van der Waals surface area contributed by atoms with Gasteiger partial charge in [0.1, 0.15) is 11.3 Å². The highest BCUT2D eigenvalue weighted by Gasteiger charge is 2.46. The van der Waals surface area contributed by atoms with E-state index in [0.717, 1.165) is 30.7 Å². The van der Waals surface area contributed by atoms with Crippen LogP contribution in [0.5, 0.6) is 5.75 Å². The molecular weight excluding hydrogens is 256 g/mol. The Morgan fingerprint density at radius 3 is 2.55 bits per heavy atom. The number of carbonyl (C=O) groups is 1. The standard InChI is InChI=1S/C15H22N2O3/c1-19-12-8-6-11(7-9-12)17-15(14(16)18)10-4-3-5-13(15)20-2/h6-9,13,17H,3-5,10H2,1-2H3,(H2,16,18). The molecule has 5 nitrogen and oxygen atoms in total. The van der Waals surface area contributed by atoms with Crippen molar-refractivity contribution in [1.29, 1.82) is 0 Å². The lowest BCUT2D eigenvalue weighted by atomic mass is 9.78.